The quantitative estimate of drug-likeness (QED) is 0.449. The van der Waals surface area contributed by atoms with Crippen LogP contribution in [0.5, 0.6) is 0 Å². The monoisotopic (exact) mass is 314 g/mol. The zero-order valence-corrected chi connectivity index (χ0v) is 13.5. The molecule has 0 saturated heterocycles. The summed E-state index contributed by atoms with van der Waals surface area (Å²) in [5.41, 5.74) is -0.733. The fourth-order valence-electron chi connectivity index (χ4n) is 1.61. The Hall–Kier alpha value is -2.30. The number of nitrogens with one attached hydrogen (secondary N) is 1. The molecule has 2 unspecified atom stereocenters. The smallest absolute Gasteiger partial charge is 0.408 e. The summed E-state index contributed by atoms with van der Waals surface area (Å²) in [5, 5.41) is 2.35. The van der Waals surface area contributed by atoms with Crippen LogP contribution in [0.4, 0.5) is 4.79 Å². The van der Waals surface area contributed by atoms with Crippen molar-refractivity contribution in [2.45, 2.75) is 38.8 Å². The number of alkyl carbamates (subject to hydrolysis) is 1. The molecule has 1 amide bonds. The molecule has 0 aliphatic heterocycles. The van der Waals surface area contributed by atoms with E-state index in [1.165, 1.54) is 7.11 Å². The van der Waals surface area contributed by atoms with E-state index in [2.05, 4.69) is 19.6 Å². The number of hydrogen-bond acceptors (Lipinski definition) is 6. The molecule has 8 heteroatoms. The second kappa shape index (κ2) is 8.87. The molecule has 0 radical (unpaired) electrons. The molecule has 22 heavy (non-hydrogen) atoms. The lowest BCUT2D eigenvalue weighted by Gasteiger charge is -2.23. The topological polar surface area (TPSA) is 95.3 Å². The Bertz CT molecular complexity index is 449. The van der Waals surface area contributed by atoms with Crippen LogP contribution in [-0.4, -0.2) is 50.4 Å². The van der Waals surface area contributed by atoms with E-state index < -0.39 is 35.6 Å². The lowest BCUT2D eigenvalue weighted by atomic mass is 10.00. The van der Waals surface area contributed by atoms with Crippen molar-refractivity contribution in [2.24, 2.45) is 5.92 Å². The van der Waals surface area contributed by atoms with Gasteiger partial charge in [0.15, 0.2) is 0 Å². The molecule has 0 fully saturated rings. The number of hydrogen-bond donors (Lipinski definition) is 1. The molecule has 0 saturated carbocycles. The first-order valence-electron chi connectivity index (χ1n) is 6.63. The second-order valence-electron chi connectivity index (χ2n) is 5.52. The van der Waals surface area contributed by atoms with E-state index in [-0.39, 0.29) is 13.0 Å². The van der Waals surface area contributed by atoms with Crippen molar-refractivity contribution >= 4 is 18.0 Å². The van der Waals surface area contributed by atoms with Gasteiger partial charge in [-0.25, -0.2) is 16.2 Å². The first-order chi connectivity index (χ1) is 10.1. The van der Waals surface area contributed by atoms with Gasteiger partial charge in [0.05, 0.1) is 14.2 Å². The summed E-state index contributed by atoms with van der Waals surface area (Å²) in [6.07, 6.45) is -0.921. The number of carbonyl (C=O) groups excluding carboxylic acids is 3. The van der Waals surface area contributed by atoms with Crippen LogP contribution in [0.15, 0.2) is 0 Å². The van der Waals surface area contributed by atoms with Gasteiger partial charge < -0.3 is 24.4 Å². The highest BCUT2D eigenvalue weighted by molar-refractivity contribution is 5.82. The summed E-state index contributed by atoms with van der Waals surface area (Å²) in [6, 6.07) is -1.11. The van der Waals surface area contributed by atoms with Crippen molar-refractivity contribution in [1.29, 1.82) is 0 Å². The number of esters is 2. The van der Waals surface area contributed by atoms with Crippen LogP contribution in [0, 0.1) is 12.5 Å². The summed E-state index contributed by atoms with van der Waals surface area (Å²) in [6.45, 7) is 11.7. The largest absolute Gasteiger partial charge is 0.469 e. The Morgan fingerprint density at radius 3 is 2.09 bits per heavy atom. The van der Waals surface area contributed by atoms with Crippen molar-refractivity contribution in [3.8, 4) is 0 Å². The van der Waals surface area contributed by atoms with Crippen LogP contribution in [0.2, 0.25) is 0 Å². The molecule has 0 heterocycles. The first-order valence-corrected chi connectivity index (χ1v) is 6.63. The Morgan fingerprint density at radius 1 is 1.14 bits per heavy atom. The van der Waals surface area contributed by atoms with Gasteiger partial charge in [0.1, 0.15) is 17.6 Å². The predicted molar refractivity (Wildman–Crippen MR) is 76.8 cm³/mol. The molecule has 1 N–H and O–H groups in total. The zero-order chi connectivity index (χ0) is 17.3. The van der Waals surface area contributed by atoms with Gasteiger partial charge in [-0.3, -0.25) is 4.79 Å². The Kier molecular flexibility index (Phi) is 7.94. The van der Waals surface area contributed by atoms with Crippen molar-refractivity contribution in [3.05, 3.63) is 11.4 Å². The van der Waals surface area contributed by atoms with E-state index >= 15 is 0 Å². The van der Waals surface area contributed by atoms with Gasteiger partial charge in [0.2, 0.25) is 6.54 Å². The van der Waals surface area contributed by atoms with Gasteiger partial charge in [0, 0.05) is 0 Å². The van der Waals surface area contributed by atoms with Gasteiger partial charge in [-0.05, 0) is 27.2 Å². The van der Waals surface area contributed by atoms with Crippen molar-refractivity contribution in [1.82, 2.24) is 5.32 Å². The molecule has 0 spiro atoms. The van der Waals surface area contributed by atoms with E-state index in [4.69, 9.17) is 11.3 Å². The van der Waals surface area contributed by atoms with Gasteiger partial charge >= 0.3 is 18.0 Å². The number of nitrogens with zero attached hydrogens (tertiary/aromatic N) is 1. The minimum Gasteiger partial charge on any atom is -0.469 e. The lowest BCUT2D eigenvalue weighted by Crippen LogP contribution is -2.46. The van der Waals surface area contributed by atoms with Gasteiger partial charge in [-0.1, -0.05) is 0 Å². The first kappa shape index (κ1) is 19.7. The average molecular weight is 314 g/mol. The maximum absolute atomic E-state index is 11.8. The second-order valence-corrected chi connectivity index (χ2v) is 5.52. The molecule has 0 aromatic heterocycles. The molecule has 0 rings (SSSR count). The highest BCUT2D eigenvalue weighted by Gasteiger charge is 2.32. The van der Waals surface area contributed by atoms with Gasteiger partial charge in [0.25, 0.3) is 0 Å². The third-order valence-electron chi connectivity index (χ3n) is 2.54. The molecule has 124 valence electrons. The Balaban J connectivity index is 4.98. The van der Waals surface area contributed by atoms with Crippen LogP contribution in [0.1, 0.15) is 27.2 Å². The molecule has 0 bridgehead atoms. The highest BCUT2D eigenvalue weighted by atomic mass is 16.6. The molecule has 8 nitrogen and oxygen atoms in total. The molecule has 0 aliphatic rings. The van der Waals surface area contributed by atoms with Gasteiger partial charge in [-0.2, -0.15) is 0 Å². The maximum Gasteiger partial charge on any atom is 0.408 e. The standard InChI is InChI=1S/C14H22N2O6/c1-14(2,3)22-13(19)16-10(12(18)21-6)7-9(8-15-4)11(17)20-5/h9-10H,7-8H2,1-3,5-6H3,(H,16,19). The van der Waals surface area contributed by atoms with Crippen molar-refractivity contribution in [2.75, 3.05) is 20.8 Å². The number of amides is 1. The van der Waals surface area contributed by atoms with Gasteiger partial charge in [-0.15, -0.1) is 0 Å². The number of methoxy groups -OCH3 is 2. The van der Waals surface area contributed by atoms with E-state index in [0.29, 0.717) is 0 Å². The normalized spacial score (nSPS) is 13.3. The van der Waals surface area contributed by atoms with Crippen LogP contribution in [0.3, 0.4) is 0 Å². The summed E-state index contributed by atoms with van der Waals surface area (Å²) in [4.78, 5) is 38.2. The summed E-state index contributed by atoms with van der Waals surface area (Å²) < 4.78 is 14.2. The molecule has 0 aliphatic carbocycles. The summed E-state index contributed by atoms with van der Waals surface area (Å²) in [5.74, 6) is -2.21. The van der Waals surface area contributed by atoms with Crippen LogP contribution in [-0.2, 0) is 23.8 Å². The molecule has 2 atom stereocenters. The SMILES string of the molecule is [C-]#[N+]CC(CC(NC(=O)OC(C)(C)C)C(=O)OC)C(=O)OC. The third kappa shape index (κ3) is 7.47. The Labute approximate surface area is 129 Å². The van der Waals surface area contributed by atoms with E-state index in [1.807, 2.05) is 0 Å². The zero-order valence-electron chi connectivity index (χ0n) is 13.5. The van der Waals surface area contributed by atoms with E-state index in [1.54, 1.807) is 20.8 Å². The predicted octanol–water partition coefficient (Wildman–Crippen LogP) is 1.15. The van der Waals surface area contributed by atoms with Crippen LogP contribution < -0.4 is 5.32 Å². The average Bonchev–Trinajstić information content (AvgIpc) is 2.42. The van der Waals surface area contributed by atoms with E-state index in [0.717, 1.165) is 7.11 Å². The van der Waals surface area contributed by atoms with Crippen LogP contribution in [0.25, 0.3) is 4.85 Å². The van der Waals surface area contributed by atoms with E-state index in [9.17, 15) is 14.4 Å². The minimum absolute atomic E-state index is 0.110. The maximum atomic E-state index is 11.8. The number of ether oxygens (including phenoxy) is 3. The third-order valence-corrected chi connectivity index (χ3v) is 2.54. The molecular weight excluding hydrogens is 292 g/mol. The fraction of sp³-hybridized carbons (Fsp3) is 0.714. The summed E-state index contributed by atoms with van der Waals surface area (Å²) in [7, 11) is 2.35. The molecule has 0 aromatic rings. The fourth-order valence-corrected chi connectivity index (χ4v) is 1.61. The summed E-state index contributed by atoms with van der Waals surface area (Å²) >= 11 is 0. The van der Waals surface area contributed by atoms with Crippen molar-refractivity contribution < 1.29 is 28.6 Å². The van der Waals surface area contributed by atoms with Crippen LogP contribution >= 0.6 is 0 Å². The molecular formula is C14H22N2O6. The molecule has 0 aromatic carbocycles. The Morgan fingerprint density at radius 2 is 1.68 bits per heavy atom. The minimum atomic E-state index is -1.11. The number of carbonyl (C=O) groups is 3. The van der Waals surface area contributed by atoms with Crippen molar-refractivity contribution in [3.63, 3.8) is 0 Å². The number of rotatable bonds is 6. The highest BCUT2D eigenvalue weighted by Crippen LogP contribution is 2.13. The lowest BCUT2D eigenvalue weighted by molar-refractivity contribution is -0.147.